The Morgan fingerprint density at radius 1 is 1.23 bits per heavy atom. The summed E-state index contributed by atoms with van der Waals surface area (Å²) in [5, 5.41) is 0. The monoisotopic (exact) mass is 298 g/mol. The molecule has 1 unspecified atom stereocenters. The molecule has 2 aromatic rings. The first-order valence-electron chi connectivity index (χ1n) is 7.35. The van der Waals surface area contributed by atoms with Gasteiger partial charge in [0, 0.05) is 37.6 Å². The van der Waals surface area contributed by atoms with E-state index in [9.17, 15) is 4.79 Å². The van der Waals surface area contributed by atoms with Crippen LogP contribution in [0.4, 0.5) is 5.82 Å². The van der Waals surface area contributed by atoms with Crippen molar-refractivity contribution < 1.29 is 9.53 Å². The van der Waals surface area contributed by atoms with Gasteiger partial charge >= 0.3 is 0 Å². The molecule has 6 nitrogen and oxygen atoms in total. The number of Topliss-reactive ketones (excluding diaryl/α,β-unsaturated/α-hetero) is 1. The molecule has 1 aliphatic rings. The Balaban J connectivity index is 1.78. The highest BCUT2D eigenvalue weighted by molar-refractivity contribution is 5.96. The van der Waals surface area contributed by atoms with Crippen LogP contribution in [-0.2, 0) is 0 Å². The van der Waals surface area contributed by atoms with E-state index in [4.69, 9.17) is 4.74 Å². The minimum atomic E-state index is -0.0737. The van der Waals surface area contributed by atoms with Crippen molar-refractivity contribution in [1.82, 2.24) is 15.0 Å². The maximum atomic E-state index is 12.6. The molecule has 0 aliphatic carbocycles. The Bertz CT molecular complexity index is 648. The maximum Gasteiger partial charge on any atom is 0.257 e. The number of ketones is 1. The van der Waals surface area contributed by atoms with Gasteiger partial charge in [-0.25, -0.2) is 9.97 Å². The van der Waals surface area contributed by atoms with Gasteiger partial charge in [0.15, 0.2) is 11.6 Å². The number of nitrogens with zero attached hydrogens (tertiary/aromatic N) is 4. The second-order valence-electron chi connectivity index (χ2n) is 5.25. The van der Waals surface area contributed by atoms with Crippen molar-refractivity contribution in [3.63, 3.8) is 0 Å². The fourth-order valence-electron chi connectivity index (χ4n) is 2.78. The number of anilines is 1. The van der Waals surface area contributed by atoms with Crippen LogP contribution < -0.4 is 9.64 Å². The van der Waals surface area contributed by atoms with Gasteiger partial charge in [-0.1, -0.05) is 6.07 Å². The first-order chi connectivity index (χ1) is 10.8. The highest BCUT2D eigenvalue weighted by Crippen LogP contribution is 2.28. The Labute approximate surface area is 129 Å². The molecule has 3 rings (SSSR count). The molecule has 0 N–H and O–H groups in total. The van der Waals surface area contributed by atoms with Crippen molar-refractivity contribution in [2.75, 3.05) is 25.1 Å². The summed E-state index contributed by atoms with van der Waals surface area (Å²) in [5.74, 6) is 1.21. The average molecular weight is 298 g/mol. The molecule has 3 heterocycles. The van der Waals surface area contributed by atoms with Gasteiger partial charge in [-0.3, -0.25) is 9.78 Å². The minimum absolute atomic E-state index is 0.0737. The Hall–Kier alpha value is -2.50. The molecule has 1 aliphatic heterocycles. The van der Waals surface area contributed by atoms with Crippen molar-refractivity contribution in [1.29, 1.82) is 0 Å². The van der Waals surface area contributed by atoms with Crippen molar-refractivity contribution in [2.45, 2.75) is 12.8 Å². The second-order valence-corrected chi connectivity index (χ2v) is 5.25. The zero-order valence-corrected chi connectivity index (χ0v) is 12.5. The summed E-state index contributed by atoms with van der Waals surface area (Å²) >= 11 is 0. The molecular formula is C16H18N4O2. The summed E-state index contributed by atoms with van der Waals surface area (Å²) in [6, 6.07) is 5.42. The molecule has 1 saturated heterocycles. The highest BCUT2D eigenvalue weighted by Gasteiger charge is 2.29. The Morgan fingerprint density at radius 2 is 2.09 bits per heavy atom. The largest absolute Gasteiger partial charge is 0.478 e. The van der Waals surface area contributed by atoms with Crippen LogP contribution in [0, 0.1) is 5.92 Å². The molecule has 0 amide bonds. The van der Waals surface area contributed by atoms with Gasteiger partial charge in [-0.05, 0) is 25.0 Å². The van der Waals surface area contributed by atoms with Crippen LogP contribution in [0.2, 0.25) is 0 Å². The van der Waals surface area contributed by atoms with Gasteiger partial charge in [0.1, 0.15) is 5.69 Å². The van der Waals surface area contributed by atoms with E-state index >= 15 is 0 Å². The van der Waals surface area contributed by atoms with Gasteiger partial charge < -0.3 is 9.64 Å². The fourth-order valence-corrected chi connectivity index (χ4v) is 2.78. The number of methoxy groups -OCH3 is 1. The van der Waals surface area contributed by atoms with Gasteiger partial charge in [-0.2, -0.15) is 0 Å². The molecule has 2 aromatic heterocycles. The fraction of sp³-hybridized carbons (Fsp3) is 0.375. The summed E-state index contributed by atoms with van der Waals surface area (Å²) in [7, 11) is 1.58. The molecule has 1 fully saturated rings. The van der Waals surface area contributed by atoms with Crippen molar-refractivity contribution in [2.24, 2.45) is 5.92 Å². The molecule has 0 radical (unpaired) electrons. The van der Waals surface area contributed by atoms with Gasteiger partial charge in [0.25, 0.3) is 5.88 Å². The van der Waals surface area contributed by atoms with Crippen LogP contribution in [0.3, 0.4) is 0 Å². The van der Waals surface area contributed by atoms with Crippen LogP contribution in [0.1, 0.15) is 23.3 Å². The first kappa shape index (κ1) is 14.4. The first-order valence-corrected chi connectivity index (χ1v) is 7.35. The summed E-state index contributed by atoms with van der Waals surface area (Å²) in [6.07, 6.45) is 6.70. The Kier molecular flexibility index (Phi) is 4.27. The van der Waals surface area contributed by atoms with Gasteiger partial charge in [0.2, 0.25) is 0 Å². The topological polar surface area (TPSA) is 68.2 Å². The number of carbonyl (C=O) groups excluding carboxylic acids is 1. The van der Waals surface area contributed by atoms with Crippen LogP contribution in [0.5, 0.6) is 5.88 Å². The van der Waals surface area contributed by atoms with E-state index in [1.54, 1.807) is 31.8 Å². The third-order valence-corrected chi connectivity index (χ3v) is 3.85. The van der Waals surface area contributed by atoms with E-state index in [-0.39, 0.29) is 11.7 Å². The number of rotatable bonds is 4. The number of carbonyl (C=O) groups is 1. The predicted molar refractivity (Wildman–Crippen MR) is 82.1 cm³/mol. The van der Waals surface area contributed by atoms with E-state index in [2.05, 4.69) is 19.9 Å². The number of hydrogen-bond donors (Lipinski definition) is 0. The van der Waals surface area contributed by atoms with Crippen LogP contribution in [-0.4, -0.2) is 40.9 Å². The lowest BCUT2D eigenvalue weighted by atomic mass is 9.92. The molecule has 0 aromatic carbocycles. The lowest BCUT2D eigenvalue weighted by molar-refractivity contribution is 0.0901. The average Bonchev–Trinajstić information content (AvgIpc) is 2.62. The molecule has 0 saturated carbocycles. The van der Waals surface area contributed by atoms with E-state index in [0.717, 1.165) is 19.4 Å². The smallest absolute Gasteiger partial charge is 0.257 e. The van der Waals surface area contributed by atoms with Crippen molar-refractivity contribution in [3.05, 3.63) is 42.5 Å². The highest BCUT2D eigenvalue weighted by atomic mass is 16.5. The zero-order chi connectivity index (χ0) is 15.4. The normalized spacial score (nSPS) is 18.0. The lowest BCUT2D eigenvalue weighted by Crippen LogP contribution is -2.39. The third kappa shape index (κ3) is 2.90. The SMILES string of the molecule is COc1nccnc1N1CCCC(C(=O)c2ccccn2)C1. The quantitative estimate of drug-likeness (QED) is 0.804. The van der Waals surface area contributed by atoms with E-state index in [1.807, 2.05) is 12.1 Å². The molecule has 0 bridgehead atoms. The number of piperidine rings is 1. The molecule has 0 spiro atoms. The van der Waals surface area contributed by atoms with Crippen LogP contribution in [0.25, 0.3) is 0 Å². The van der Waals surface area contributed by atoms with Crippen LogP contribution in [0.15, 0.2) is 36.8 Å². The standard InChI is InChI=1S/C16H18N4O2/c1-22-16-15(18-8-9-19-16)20-10-4-5-12(11-20)14(21)13-6-2-3-7-17-13/h2-3,6-9,12H,4-5,10-11H2,1H3. The van der Waals surface area contributed by atoms with Gasteiger partial charge in [-0.15, -0.1) is 0 Å². The summed E-state index contributed by atoms with van der Waals surface area (Å²) in [6.45, 7) is 1.46. The summed E-state index contributed by atoms with van der Waals surface area (Å²) < 4.78 is 5.27. The van der Waals surface area contributed by atoms with E-state index in [0.29, 0.717) is 23.9 Å². The third-order valence-electron chi connectivity index (χ3n) is 3.85. The number of ether oxygens (including phenoxy) is 1. The lowest BCUT2D eigenvalue weighted by Gasteiger charge is -2.32. The van der Waals surface area contributed by atoms with E-state index in [1.165, 1.54) is 0 Å². The number of hydrogen-bond acceptors (Lipinski definition) is 6. The molecule has 1 atom stereocenters. The molecule has 114 valence electrons. The van der Waals surface area contributed by atoms with Gasteiger partial charge in [0.05, 0.1) is 7.11 Å². The van der Waals surface area contributed by atoms with Crippen LogP contribution >= 0.6 is 0 Å². The molecular weight excluding hydrogens is 280 g/mol. The van der Waals surface area contributed by atoms with Crippen molar-refractivity contribution >= 4 is 11.6 Å². The number of pyridine rings is 1. The van der Waals surface area contributed by atoms with E-state index < -0.39 is 0 Å². The summed E-state index contributed by atoms with van der Waals surface area (Å²) in [5.41, 5.74) is 0.528. The molecule has 22 heavy (non-hydrogen) atoms. The molecule has 6 heteroatoms. The Morgan fingerprint density at radius 3 is 2.86 bits per heavy atom. The minimum Gasteiger partial charge on any atom is -0.478 e. The maximum absolute atomic E-state index is 12.6. The second kappa shape index (κ2) is 6.51. The predicted octanol–water partition coefficient (Wildman–Crippen LogP) is 1.98. The summed E-state index contributed by atoms with van der Waals surface area (Å²) in [4.78, 5) is 27.3. The zero-order valence-electron chi connectivity index (χ0n) is 12.5. The number of aromatic nitrogens is 3. The van der Waals surface area contributed by atoms with Crippen molar-refractivity contribution in [3.8, 4) is 5.88 Å².